The number of imidazole rings is 1. The number of methoxy groups -OCH3 is 1. The Morgan fingerprint density at radius 3 is 2.38 bits per heavy atom. The number of aromatic nitrogens is 2. The summed E-state index contributed by atoms with van der Waals surface area (Å²) in [6.07, 6.45) is 5.39. The molecule has 0 spiro atoms. The van der Waals surface area contributed by atoms with Gasteiger partial charge in [0.1, 0.15) is 35.7 Å². The SMILES string of the molecule is COc1cc(C)c(S(=O)N(C)CCOCC(=O)N(C)Cc2ccc(OCCn3ccnc3)cc2)c(C)c1. The van der Waals surface area contributed by atoms with Crippen LogP contribution in [-0.4, -0.2) is 76.4 Å². The van der Waals surface area contributed by atoms with Gasteiger partial charge in [-0.3, -0.25) is 4.79 Å². The summed E-state index contributed by atoms with van der Waals surface area (Å²) >= 11 is 0. The molecule has 9 nitrogen and oxygen atoms in total. The lowest BCUT2D eigenvalue weighted by atomic mass is 10.1. The number of aryl methyl sites for hydroxylation is 2. The Balaban J connectivity index is 1.37. The Kier molecular flexibility index (Phi) is 10.7. The van der Waals surface area contributed by atoms with Crippen molar-refractivity contribution in [3.8, 4) is 11.5 Å². The second-order valence-corrected chi connectivity index (χ2v) is 10.3. The Morgan fingerprint density at radius 1 is 1.05 bits per heavy atom. The molecule has 2 aromatic carbocycles. The van der Waals surface area contributed by atoms with Gasteiger partial charge in [0.15, 0.2) is 0 Å². The molecular weight excluding hydrogens is 492 g/mol. The zero-order valence-electron chi connectivity index (χ0n) is 22.2. The van der Waals surface area contributed by atoms with E-state index in [2.05, 4.69) is 4.98 Å². The molecule has 0 aliphatic carbocycles. The molecule has 0 aliphatic rings. The highest BCUT2D eigenvalue weighted by molar-refractivity contribution is 7.82. The van der Waals surface area contributed by atoms with Crippen LogP contribution in [0.5, 0.6) is 11.5 Å². The molecule has 0 bridgehead atoms. The minimum absolute atomic E-state index is 0.0347. The van der Waals surface area contributed by atoms with E-state index in [9.17, 15) is 9.00 Å². The van der Waals surface area contributed by atoms with Crippen molar-refractivity contribution < 1.29 is 23.2 Å². The summed E-state index contributed by atoms with van der Waals surface area (Å²) in [6.45, 7) is 6.28. The highest BCUT2D eigenvalue weighted by Gasteiger charge is 2.17. The lowest BCUT2D eigenvalue weighted by Gasteiger charge is -2.20. The third-order valence-electron chi connectivity index (χ3n) is 5.85. The minimum Gasteiger partial charge on any atom is -0.497 e. The number of amides is 1. The maximum atomic E-state index is 13.0. The standard InChI is InChI=1S/C27H36N4O5S/c1-21-16-25(34-5)17-22(2)27(21)37(33)30(4)12-14-35-19-26(32)29(3)18-23-6-8-24(9-7-23)36-15-13-31-11-10-28-20-31/h6-11,16-17,20H,12-15,18-19H2,1-5H3. The van der Waals surface area contributed by atoms with Crippen molar-refractivity contribution in [3.05, 3.63) is 71.8 Å². The fourth-order valence-corrected chi connectivity index (χ4v) is 4.97. The van der Waals surface area contributed by atoms with E-state index in [1.54, 1.807) is 42.9 Å². The number of likely N-dealkylation sites (N-methyl/N-ethyl adjacent to an activating group) is 2. The largest absolute Gasteiger partial charge is 0.497 e. The van der Waals surface area contributed by atoms with Gasteiger partial charge in [-0.25, -0.2) is 13.5 Å². The maximum Gasteiger partial charge on any atom is 0.248 e. The molecule has 200 valence electrons. The second kappa shape index (κ2) is 13.9. The van der Waals surface area contributed by atoms with E-state index in [0.29, 0.717) is 26.3 Å². The molecule has 0 saturated carbocycles. The molecule has 1 atom stereocenters. The number of rotatable bonds is 14. The number of benzene rings is 2. The summed E-state index contributed by atoms with van der Waals surface area (Å²) in [5, 5.41) is 0. The fraction of sp³-hybridized carbons (Fsp3) is 0.407. The maximum absolute atomic E-state index is 13.0. The molecule has 3 aromatic rings. The smallest absolute Gasteiger partial charge is 0.248 e. The number of hydrogen-bond acceptors (Lipinski definition) is 6. The molecule has 0 fully saturated rings. The third kappa shape index (κ3) is 8.41. The summed E-state index contributed by atoms with van der Waals surface area (Å²) in [5.74, 6) is 1.41. The van der Waals surface area contributed by atoms with Crippen molar-refractivity contribution in [2.75, 3.05) is 47.6 Å². The van der Waals surface area contributed by atoms with E-state index >= 15 is 0 Å². The number of nitrogens with zero attached hydrogens (tertiary/aromatic N) is 4. The van der Waals surface area contributed by atoms with Crippen LogP contribution in [0.1, 0.15) is 16.7 Å². The topological polar surface area (TPSA) is 86.1 Å². The van der Waals surface area contributed by atoms with E-state index < -0.39 is 11.0 Å². The van der Waals surface area contributed by atoms with Crippen LogP contribution in [0.4, 0.5) is 0 Å². The zero-order chi connectivity index (χ0) is 26.8. The van der Waals surface area contributed by atoms with Crippen molar-refractivity contribution in [1.82, 2.24) is 18.8 Å². The first-order valence-corrected chi connectivity index (χ1v) is 13.2. The van der Waals surface area contributed by atoms with Gasteiger partial charge in [0.2, 0.25) is 5.91 Å². The minimum atomic E-state index is -1.34. The van der Waals surface area contributed by atoms with Crippen LogP contribution in [0.15, 0.2) is 60.0 Å². The highest BCUT2D eigenvalue weighted by Crippen LogP contribution is 2.25. The predicted octanol–water partition coefficient (Wildman–Crippen LogP) is 3.22. The Hall–Kier alpha value is -3.21. The molecule has 1 amide bonds. The molecular formula is C27H36N4O5S. The molecule has 37 heavy (non-hydrogen) atoms. The van der Waals surface area contributed by atoms with Crippen molar-refractivity contribution in [2.24, 2.45) is 0 Å². The first-order chi connectivity index (χ1) is 17.8. The van der Waals surface area contributed by atoms with Gasteiger partial charge in [-0.1, -0.05) is 12.1 Å². The zero-order valence-corrected chi connectivity index (χ0v) is 23.0. The molecule has 0 aliphatic heterocycles. The van der Waals surface area contributed by atoms with Crippen LogP contribution in [0, 0.1) is 13.8 Å². The number of carbonyl (C=O) groups excluding carboxylic acids is 1. The molecule has 0 radical (unpaired) electrons. The summed E-state index contributed by atoms with van der Waals surface area (Å²) in [6, 6.07) is 11.5. The first kappa shape index (κ1) is 28.4. The lowest BCUT2D eigenvalue weighted by molar-refractivity contribution is -0.135. The third-order valence-corrected chi connectivity index (χ3v) is 7.59. The van der Waals surface area contributed by atoms with Gasteiger partial charge in [0.05, 0.1) is 31.5 Å². The van der Waals surface area contributed by atoms with E-state index in [0.717, 1.165) is 39.6 Å². The molecule has 1 heterocycles. The van der Waals surface area contributed by atoms with Crippen molar-refractivity contribution in [2.45, 2.75) is 31.8 Å². The lowest BCUT2D eigenvalue weighted by Crippen LogP contribution is -2.32. The van der Waals surface area contributed by atoms with Crippen LogP contribution in [-0.2, 0) is 33.6 Å². The van der Waals surface area contributed by atoms with Crippen LogP contribution < -0.4 is 9.47 Å². The predicted molar refractivity (Wildman–Crippen MR) is 143 cm³/mol. The van der Waals surface area contributed by atoms with Gasteiger partial charge >= 0.3 is 0 Å². The van der Waals surface area contributed by atoms with E-state index in [4.69, 9.17) is 14.2 Å². The fourth-order valence-electron chi connectivity index (χ4n) is 3.75. The Labute approximate surface area is 221 Å². The van der Waals surface area contributed by atoms with Gasteiger partial charge in [0, 0.05) is 39.6 Å². The van der Waals surface area contributed by atoms with Crippen molar-refractivity contribution in [1.29, 1.82) is 0 Å². The summed E-state index contributed by atoms with van der Waals surface area (Å²) in [4.78, 5) is 18.9. The van der Waals surface area contributed by atoms with Gasteiger partial charge in [-0.05, 0) is 54.8 Å². The van der Waals surface area contributed by atoms with E-state index in [-0.39, 0.29) is 12.5 Å². The van der Waals surface area contributed by atoms with Crippen molar-refractivity contribution >= 4 is 16.9 Å². The second-order valence-electron chi connectivity index (χ2n) is 8.79. The van der Waals surface area contributed by atoms with E-state index in [1.165, 1.54) is 0 Å². The number of hydrogen-bond donors (Lipinski definition) is 0. The van der Waals surface area contributed by atoms with Gasteiger partial charge < -0.3 is 23.7 Å². The molecule has 0 saturated heterocycles. The summed E-state index contributed by atoms with van der Waals surface area (Å²) < 4.78 is 33.3. The molecule has 3 rings (SSSR count). The molecule has 0 N–H and O–H groups in total. The molecule has 10 heteroatoms. The van der Waals surface area contributed by atoms with Crippen LogP contribution in [0.2, 0.25) is 0 Å². The normalized spacial score (nSPS) is 11.9. The molecule has 1 unspecified atom stereocenters. The Morgan fingerprint density at radius 2 is 1.76 bits per heavy atom. The summed E-state index contributed by atoms with van der Waals surface area (Å²) in [5.41, 5.74) is 2.82. The first-order valence-electron chi connectivity index (χ1n) is 12.1. The highest BCUT2D eigenvalue weighted by atomic mass is 32.2. The van der Waals surface area contributed by atoms with Crippen molar-refractivity contribution in [3.63, 3.8) is 0 Å². The van der Waals surface area contributed by atoms with E-state index in [1.807, 2.05) is 61.0 Å². The summed E-state index contributed by atoms with van der Waals surface area (Å²) in [7, 11) is 3.81. The van der Waals surface area contributed by atoms with Crippen LogP contribution in [0.25, 0.3) is 0 Å². The quantitative estimate of drug-likeness (QED) is 0.299. The van der Waals surface area contributed by atoms with Gasteiger partial charge in [0.25, 0.3) is 0 Å². The monoisotopic (exact) mass is 528 g/mol. The average molecular weight is 529 g/mol. The number of carbonyl (C=O) groups is 1. The average Bonchev–Trinajstić information content (AvgIpc) is 3.40. The van der Waals surface area contributed by atoms with Gasteiger partial charge in [-0.15, -0.1) is 0 Å². The van der Waals surface area contributed by atoms with Gasteiger partial charge in [-0.2, -0.15) is 0 Å². The van der Waals surface area contributed by atoms with Crippen LogP contribution >= 0.6 is 0 Å². The molecule has 1 aromatic heterocycles. The Bertz CT molecular complexity index is 1150. The van der Waals surface area contributed by atoms with Crippen LogP contribution in [0.3, 0.4) is 0 Å². The number of ether oxygens (including phenoxy) is 3.